The zero-order valence-corrected chi connectivity index (χ0v) is 10.2. The molecule has 1 atom stereocenters. The molecule has 17 heavy (non-hydrogen) atoms. The highest BCUT2D eigenvalue weighted by Crippen LogP contribution is 2.23. The quantitative estimate of drug-likeness (QED) is 0.909. The van der Waals surface area contributed by atoms with Crippen LogP contribution in [0.4, 0.5) is 0 Å². The van der Waals surface area contributed by atoms with E-state index in [1.165, 1.54) is 0 Å². The zero-order chi connectivity index (χ0) is 12.3. The number of hydrogen-bond acceptors (Lipinski definition) is 3. The van der Waals surface area contributed by atoms with Crippen molar-refractivity contribution in [3.63, 3.8) is 0 Å². The van der Waals surface area contributed by atoms with Gasteiger partial charge < -0.3 is 5.11 Å². The van der Waals surface area contributed by atoms with Gasteiger partial charge in [-0.1, -0.05) is 11.6 Å². The number of aryl methyl sites for hydroxylation is 1. The van der Waals surface area contributed by atoms with Crippen LogP contribution in [0.1, 0.15) is 22.8 Å². The van der Waals surface area contributed by atoms with E-state index in [0.29, 0.717) is 11.4 Å². The third-order valence-corrected chi connectivity index (χ3v) is 3.05. The van der Waals surface area contributed by atoms with Gasteiger partial charge in [-0.25, -0.2) is 0 Å². The van der Waals surface area contributed by atoms with Crippen LogP contribution in [0.5, 0.6) is 0 Å². The fraction of sp³-hybridized carbons (Fsp3) is 0.231. The van der Waals surface area contributed by atoms with Crippen molar-refractivity contribution in [3.8, 4) is 0 Å². The van der Waals surface area contributed by atoms with Gasteiger partial charge in [0, 0.05) is 36.8 Å². The Labute approximate surface area is 105 Å². The molecule has 4 heteroatoms. The van der Waals surface area contributed by atoms with E-state index >= 15 is 0 Å². The maximum atomic E-state index is 10.2. The van der Waals surface area contributed by atoms with Crippen LogP contribution in [-0.2, 0) is 6.42 Å². The van der Waals surface area contributed by atoms with Crippen molar-refractivity contribution in [2.24, 2.45) is 0 Å². The summed E-state index contributed by atoms with van der Waals surface area (Å²) in [5.41, 5.74) is 2.75. The molecule has 1 N–H and O–H groups in total. The normalized spacial score (nSPS) is 12.4. The average Bonchev–Trinajstić information content (AvgIpc) is 2.32. The van der Waals surface area contributed by atoms with E-state index in [-0.39, 0.29) is 0 Å². The summed E-state index contributed by atoms with van der Waals surface area (Å²) >= 11 is 6.01. The van der Waals surface area contributed by atoms with Crippen molar-refractivity contribution in [2.75, 3.05) is 0 Å². The van der Waals surface area contributed by atoms with E-state index in [2.05, 4.69) is 9.97 Å². The lowest BCUT2D eigenvalue weighted by Crippen LogP contribution is -2.05. The smallest absolute Gasteiger partial charge is 0.0848 e. The molecule has 1 unspecified atom stereocenters. The van der Waals surface area contributed by atoms with Gasteiger partial charge in [-0.05, 0) is 30.2 Å². The van der Waals surface area contributed by atoms with Gasteiger partial charge in [-0.15, -0.1) is 0 Å². The van der Waals surface area contributed by atoms with Gasteiger partial charge in [-0.2, -0.15) is 0 Å². The van der Waals surface area contributed by atoms with E-state index in [4.69, 9.17) is 11.6 Å². The Morgan fingerprint density at radius 2 is 1.94 bits per heavy atom. The predicted octanol–water partition coefficient (Wildman–Crippen LogP) is 2.71. The number of hydrogen-bond donors (Lipinski definition) is 1. The summed E-state index contributed by atoms with van der Waals surface area (Å²) < 4.78 is 0. The molecule has 2 aromatic heterocycles. The van der Waals surface area contributed by atoms with Crippen LogP contribution in [0.3, 0.4) is 0 Å². The van der Waals surface area contributed by atoms with Gasteiger partial charge in [0.25, 0.3) is 0 Å². The van der Waals surface area contributed by atoms with E-state index in [1.54, 1.807) is 24.8 Å². The highest BCUT2D eigenvalue weighted by atomic mass is 35.5. The second kappa shape index (κ2) is 5.25. The Hall–Kier alpha value is -1.45. The summed E-state index contributed by atoms with van der Waals surface area (Å²) in [6.45, 7) is 1.95. The minimum atomic E-state index is -0.594. The molecule has 0 aliphatic carbocycles. The number of halogens is 1. The maximum Gasteiger partial charge on any atom is 0.0848 e. The Bertz CT molecular complexity index is 516. The third kappa shape index (κ3) is 2.81. The largest absolute Gasteiger partial charge is 0.388 e. The molecular weight excluding hydrogens is 236 g/mol. The second-order valence-corrected chi connectivity index (χ2v) is 4.33. The standard InChI is InChI=1S/C13H13ClN2O/c1-9-2-4-15-7-11(9)13(17)6-10-3-5-16-8-12(10)14/h2-5,7-8,13,17H,6H2,1H3. The Morgan fingerprint density at radius 1 is 1.24 bits per heavy atom. The third-order valence-electron chi connectivity index (χ3n) is 2.71. The van der Waals surface area contributed by atoms with Crippen molar-refractivity contribution in [1.29, 1.82) is 0 Å². The predicted molar refractivity (Wildman–Crippen MR) is 66.9 cm³/mol. The summed E-state index contributed by atoms with van der Waals surface area (Å²) in [7, 11) is 0. The van der Waals surface area contributed by atoms with Crippen LogP contribution in [0.25, 0.3) is 0 Å². The Morgan fingerprint density at radius 3 is 2.65 bits per heavy atom. The van der Waals surface area contributed by atoms with E-state index in [0.717, 1.165) is 16.7 Å². The molecule has 88 valence electrons. The maximum absolute atomic E-state index is 10.2. The molecule has 2 aromatic rings. The van der Waals surface area contributed by atoms with Crippen molar-refractivity contribution in [2.45, 2.75) is 19.4 Å². The highest BCUT2D eigenvalue weighted by molar-refractivity contribution is 6.31. The fourth-order valence-electron chi connectivity index (χ4n) is 1.71. The SMILES string of the molecule is Cc1ccncc1C(O)Cc1ccncc1Cl. The molecule has 0 fully saturated rings. The van der Waals surface area contributed by atoms with Crippen molar-refractivity contribution < 1.29 is 5.11 Å². The minimum absolute atomic E-state index is 0.466. The molecule has 0 saturated heterocycles. The average molecular weight is 249 g/mol. The summed E-state index contributed by atoms with van der Waals surface area (Å²) in [6.07, 6.45) is 6.53. The summed E-state index contributed by atoms with van der Waals surface area (Å²) in [4.78, 5) is 7.94. The lowest BCUT2D eigenvalue weighted by atomic mass is 10.0. The lowest BCUT2D eigenvalue weighted by Gasteiger charge is -2.13. The summed E-state index contributed by atoms with van der Waals surface area (Å²) in [5, 5.41) is 10.7. The lowest BCUT2D eigenvalue weighted by molar-refractivity contribution is 0.177. The number of pyridine rings is 2. The molecule has 0 bridgehead atoms. The van der Waals surface area contributed by atoms with Crippen LogP contribution in [0, 0.1) is 6.92 Å². The first kappa shape index (κ1) is 12.0. The Balaban J connectivity index is 2.20. The van der Waals surface area contributed by atoms with Gasteiger partial charge in [0.2, 0.25) is 0 Å². The summed E-state index contributed by atoms with van der Waals surface area (Å²) in [6, 6.07) is 3.70. The second-order valence-electron chi connectivity index (χ2n) is 3.92. The van der Waals surface area contributed by atoms with Gasteiger partial charge in [0.15, 0.2) is 0 Å². The zero-order valence-electron chi connectivity index (χ0n) is 9.47. The number of aliphatic hydroxyl groups is 1. The molecule has 0 spiro atoms. The van der Waals surface area contributed by atoms with Gasteiger partial charge in [-0.3, -0.25) is 9.97 Å². The first-order chi connectivity index (χ1) is 8.18. The fourth-order valence-corrected chi connectivity index (χ4v) is 1.91. The van der Waals surface area contributed by atoms with Crippen molar-refractivity contribution in [3.05, 3.63) is 58.6 Å². The molecule has 3 nitrogen and oxygen atoms in total. The van der Waals surface area contributed by atoms with Gasteiger partial charge in [0.05, 0.1) is 11.1 Å². The minimum Gasteiger partial charge on any atom is -0.388 e. The molecule has 0 aliphatic heterocycles. The van der Waals surface area contributed by atoms with Crippen molar-refractivity contribution >= 4 is 11.6 Å². The molecule has 0 saturated carbocycles. The molecule has 0 aromatic carbocycles. The highest BCUT2D eigenvalue weighted by Gasteiger charge is 2.12. The molecule has 0 radical (unpaired) electrons. The van der Waals surface area contributed by atoms with Crippen LogP contribution in [0.2, 0.25) is 5.02 Å². The molecule has 2 heterocycles. The topological polar surface area (TPSA) is 46.0 Å². The number of aliphatic hydroxyl groups excluding tert-OH is 1. The molecule has 0 amide bonds. The van der Waals surface area contributed by atoms with Crippen LogP contribution in [-0.4, -0.2) is 15.1 Å². The first-order valence-electron chi connectivity index (χ1n) is 5.35. The molecule has 2 rings (SSSR count). The van der Waals surface area contributed by atoms with Gasteiger partial charge in [0.1, 0.15) is 0 Å². The number of rotatable bonds is 3. The summed E-state index contributed by atoms with van der Waals surface area (Å²) in [5.74, 6) is 0. The van der Waals surface area contributed by atoms with Gasteiger partial charge >= 0.3 is 0 Å². The van der Waals surface area contributed by atoms with Crippen LogP contribution < -0.4 is 0 Å². The van der Waals surface area contributed by atoms with E-state index < -0.39 is 6.10 Å². The Kier molecular flexibility index (Phi) is 3.71. The molecular formula is C13H13ClN2O. The first-order valence-corrected chi connectivity index (χ1v) is 5.73. The van der Waals surface area contributed by atoms with Crippen LogP contribution >= 0.6 is 11.6 Å². The monoisotopic (exact) mass is 248 g/mol. The van der Waals surface area contributed by atoms with Crippen LogP contribution in [0.15, 0.2) is 36.9 Å². The number of aromatic nitrogens is 2. The molecule has 0 aliphatic rings. The number of nitrogens with zero attached hydrogens (tertiary/aromatic N) is 2. The van der Waals surface area contributed by atoms with E-state index in [9.17, 15) is 5.11 Å². The van der Waals surface area contributed by atoms with E-state index in [1.807, 2.05) is 19.1 Å². The van der Waals surface area contributed by atoms with Crippen molar-refractivity contribution in [1.82, 2.24) is 9.97 Å².